The molecule has 0 aliphatic heterocycles. The Morgan fingerprint density at radius 1 is 1.19 bits per heavy atom. The lowest BCUT2D eigenvalue weighted by Gasteiger charge is -2.09. The highest BCUT2D eigenvalue weighted by atomic mass is 32.1. The molecule has 4 rings (SSSR count). The highest BCUT2D eigenvalue weighted by molar-refractivity contribution is 7.20. The molecule has 7 heteroatoms. The van der Waals surface area contributed by atoms with Gasteiger partial charge in [0, 0.05) is 11.4 Å². The van der Waals surface area contributed by atoms with E-state index in [1.807, 2.05) is 29.6 Å². The number of carbonyl (C=O) groups is 1. The Bertz CT molecular complexity index is 1030. The Hall–Kier alpha value is -2.77. The number of nitrogens with zero attached hydrogens (tertiary/aromatic N) is 3. The first-order valence-electron chi connectivity index (χ1n) is 8.07. The molecule has 4 aromatic rings. The molecular weight excluding hydrogens is 364 g/mol. The van der Waals surface area contributed by atoms with Gasteiger partial charge in [0.05, 0.1) is 17.6 Å². The van der Waals surface area contributed by atoms with E-state index in [1.165, 1.54) is 16.9 Å². The van der Waals surface area contributed by atoms with Gasteiger partial charge in [0.2, 0.25) is 0 Å². The summed E-state index contributed by atoms with van der Waals surface area (Å²) in [4.78, 5) is 18.1. The quantitative estimate of drug-likeness (QED) is 0.547. The molecule has 5 nitrogen and oxygen atoms in total. The standard InChI is InChI=1S/C19H16N4OS2/c1-13-4-2-5-14(10-13)11-23-17(7-8-20-23)22-18(24)15-12-26-19(21-15)16-6-3-9-25-16/h2-10,12H,11H2,1H3,(H,22,24). The highest BCUT2D eigenvalue weighted by Gasteiger charge is 2.14. The van der Waals surface area contributed by atoms with Crippen LogP contribution in [0.15, 0.2) is 59.4 Å². The lowest BCUT2D eigenvalue weighted by molar-refractivity contribution is 0.102. The number of nitrogens with one attached hydrogen (secondary N) is 1. The maximum absolute atomic E-state index is 12.5. The third-order valence-electron chi connectivity index (χ3n) is 3.84. The van der Waals surface area contributed by atoms with E-state index < -0.39 is 0 Å². The van der Waals surface area contributed by atoms with Gasteiger partial charge in [0.1, 0.15) is 16.5 Å². The summed E-state index contributed by atoms with van der Waals surface area (Å²) in [6.07, 6.45) is 1.68. The van der Waals surface area contributed by atoms with E-state index in [0.29, 0.717) is 18.1 Å². The van der Waals surface area contributed by atoms with Crippen LogP contribution in [0.1, 0.15) is 21.6 Å². The Labute approximate surface area is 159 Å². The molecule has 26 heavy (non-hydrogen) atoms. The highest BCUT2D eigenvalue weighted by Crippen LogP contribution is 2.28. The van der Waals surface area contributed by atoms with E-state index in [-0.39, 0.29) is 5.91 Å². The summed E-state index contributed by atoms with van der Waals surface area (Å²) in [5, 5.41) is 11.9. The predicted octanol–water partition coefficient (Wildman–Crippen LogP) is 4.68. The predicted molar refractivity (Wildman–Crippen MR) is 106 cm³/mol. The molecule has 0 aliphatic carbocycles. The summed E-state index contributed by atoms with van der Waals surface area (Å²) < 4.78 is 1.78. The van der Waals surface area contributed by atoms with Gasteiger partial charge in [-0.05, 0) is 23.9 Å². The molecule has 0 atom stereocenters. The molecule has 0 saturated heterocycles. The maximum atomic E-state index is 12.5. The van der Waals surface area contributed by atoms with Crippen molar-refractivity contribution in [2.24, 2.45) is 0 Å². The number of benzene rings is 1. The van der Waals surface area contributed by atoms with Gasteiger partial charge in [0.25, 0.3) is 5.91 Å². The smallest absolute Gasteiger partial charge is 0.276 e. The topological polar surface area (TPSA) is 59.8 Å². The van der Waals surface area contributed by atoms with Crippen molar-refractivity contribution in [1.29, 1.82) is 0 Å². The van der Waals surface area contributed by atoms with Crippen LogP contribution in [0, 0.1) is 6.92 Å². The Morgan fingerprint density at radius 3 is 2.92 bits per heavy atom. The average Bonchev–Trinajstić information content (AvgIpc) is 3.37. The minimum atomic E-state index is -0.227. The van der Waals surface area contributed by atoms with Gasteiger partial charge in [-0.15, -0.1) is 22.7 Å². The molecule has 1 amide bonds. The Kier molecular flexibility index (Phi) is 4.64. The molecule has 130 valence electrons. The second-order valence-corrected chi connectivity index (χ2v) is 7.64. The zero-order valence-electron chi connectivity index (χ0n) is 14.0. The van der Waals surface area contributed by atoms with Crippen molar-refractivity contribution in [3.63, 3.8) is 0 Å². The van der Waals surface area contributed by atoms with Crippen molar-refractivity contribution in [2.45, 2.75) is 13.5 Å². The SMILES string of the molecule is Cc1cccc(Cn2nccc2NC(=O)c2csc(-c3cccs3)n2)c1. The van der Waals surface area contributed by atoms with Crippen LogP contribution in [0.2, 0.25) is 0 Å². The first-order valence-corrected chi connectivity index (χ1v) is 9.83. The van der Waals surface area contributed by atoms with Gasteiger partial charge < -0.3 is 5.32 Å². The Morgan fingerprint density at radius 2 is 2.12 bits per heavy atom. The molecule has 3 aromatic heterocycles. The number of anilines is 1. The summed E-state index contributed by atoms with van der Waals surface area (Å²) in [5.74, 6) is 0.428. The van der Waals surface area contributed by atoms with Crippen LogP contribution in [0.5, 0.6) is 0 Å². The molecule has 0 aliphatic rings. The number of rotatable bonds is 5. The van der Waals surface area contributed by atoms with Gasteiger partial charge >= 0.3 is 0 Å². The average molecular weight is 380 g/mol. The van der Waals surface area contributed by atoms with Crippen LogP contribution in [0.25, 0.3) is 9.88 Å². The summed E-state index contributed by atoms with van der Waals surface area (Å²) in [6.45, 7) is 2.66. The fourth-order valence-corrected chi connectivity index (χ4v) is 4.23. The van der Waals surface area contributed by atoms with Gasteiger partial charge in [-0.3, -0.25) is 4.79 Å². The zero-order valence-corrected chi connectivity index (χ0v) is 15.7. The number of aryl methyl sites for hydroxylation is 1. The minimum Gasteiger partial charge on any atom is -0.305 e. The summed E-state index contributed by atoms with van der Waals surface area (Å²) >= 11 is 3.09. The van der Waals surface area contributed by atoms with Gasteiger partial charge in [-0.1, -0.05) is 35.9 Å². The van der Waals surface area contributed by atoms with Crippen LogP contribution in [-0.4, -0.2) is 20.7 Å². The molecule has 0 unspecified atom stereocenters. The van der Waals surface area contributed by atoms with E-state index in [2.05, 4.69) is 34.5 Å². The van der Waals surface area contributed by atoms with Crippen molar-refractivity contribution in [3.8, 4) is 9.88 Å². The molecular formula is C19H16N4OS2. The summed E-state index contributed by atoms with van der Waals surface area (Å²) in [7, 11) is 0. The number of thiazole rings is 1. The van der Waals surface area contributed by atoms with E-state index >= 15 is 0 Å². The van der Waals surface area contributed by atoms with Crippen molar-refractivity contribution in [3.05, 3.63) is 76.2 Å². The molecule has 0 saturated carbocycles. The summed E-state index contributed by atoms with van der Waals surface area (Å²) in [5.41, 5.74) is 2.75. The normalized spacial score (nSPS) is 10.8. The van der Waals surface area contributed by atoms with Crippen LogP contribution < -0.4 is 5.32 Å². The van der Waals surface area contributed by atoms with Gasteiger partial charge in [-0.2, -0.15) is 5.10 Å². The van der Waals surface area contributed by atoms with Crippen molar-refractivity contribution < 1.29 is 4.79 Å². The van der Waals surface area contributed by atoms with Crippen molar-refractivity contribution in [1.82, 2.24) is 14.8 Å². The fraction of sp³-hybridized carbons (Fsp3) is 0.105. The van der Waals surface area contributed by atoms with E-state index in [0.717, 1.165) is 15.4 Å². The number of amides is 1. The lowest BCUT2D eigenvalue weighted by atomic mass is 10.1. The first-order chi connectivity index (χ1) is 12.7. The van der Waals surface area contributed by atoms with Crippen LogP contribution in [0.3, 0.4) is 0 Å². The largest absolute Gasteiger partial charge is 0.305 e. The van der Waals surface area contributed by atoms with Crippen molar-refractivity contribution >= 4 is 34.4 Å². The third-order valence-corrected chi connectivity index (χ3v) is 5.72. The molecule has 0 fully saturated rings. The van der Waals surface area contributed by atoms with Crippen molar-refractivity contribution in [2.75, 3.05) is 5.32 Å². The molecule has 0 bridgehead atoms. The van der Waals surface area contributed by atoms with E-state index in [4.69, 9.17) is 0 Å². The van der Waals surface area contributed by atoms with E-state index in [9.17, 15) is 4.79 Å². The third kappa shape index (κ3) is 3.58. The van der Waals surface area contributed by atoms with Crippen LogP contribution in [-0.2, 0) is 6.54 Å². The second kappa shape index (κ2) is 7.23. The zero-order chi connectivity index (χ0) is 17.9. The second-order valence-electron chi connectivity index (χ2n) is 5.83. The molecule has 1 aromatic carbocycles. The van der Waals surface area contributed by atoms with Crippen LogP contribution >= 0.6 is 22.7 Å². The Balaban J connectivity index is 1.49. The molecule has 3 heterocycles. The van der Waals surface area contributed by atoms with Gasteiger partial charge in [0.15, 0.2) is 0 Å². The number of aromatic nitrogens is 3. The number of thiophene rings is 1. The number of hydrogen-bond acceptors (Lipinski definition) is 5. The van der Waals surface area contributed by atoms with Gasteiger partial charge in [-0.25, -0.2) is 9.67 Å². The summed E-state index contributed by atoms with van der Waals surface area (Å²) in [6, 6.07) is 14.0. The number of carbonyl (C=O) groups excluding carboxylic acids is 1. The van der Waals surface area contributed by atoms with Crippen LogP contribution in [0.4, 0.5) is 5.82 Å². The fourth-order valence-electron chi connectivity index (χ4n) is 2.62. The lowest BCUT2D eigenvalue weighted by Crippen LogP contribution is -2.16. The molecule has 0 radical (unpaired) electrons. The maximum Gasteiger partial charge on any atom is 0.276 e. The molecule has 0 spiro atoms. The van der Waals surface area contributed by atoms with E-state index in [1.54, 1.807) is 33.7 Å². The number of hydrogen-bond donors (Lipinski definition) is 1. The minimum absolute atomic E-state index is 0.227. The monoisotopic (exact) mass is 380 g/mol. The molecule has 1 N–H and O–H groups in total. The first kappa shape index (κ1) is 16.7.